The molecule has 2 aliphatic rings. The van der Waals surface area contributed by atoms with E-state index in [1.54, 1.807) is 0 Å². The molecule has 1 aliphatic carbocycles. The van der Waals surface area contributed by atoms with Gasteiger partial charge in [0, 0.05) is 31.5 Å². The first-order valence-corrected chi connectivity index (χ1v) is 6.29. The molecule has 0 radical (unpaired) electrons. The summed E-state index contributed by atoms with van der Waals surface area (Å²) in [5.41, 5.74) is 5.80. The third-order valence-electron chi connectivity index (χ3n) is 3.40. The Morgan fingerprint density at radius 3 is 2.82 bits per heavy atom. The van der Waals surface area contributed by atoms with Gasteiger partial charge in [0.25, 0.3) is 0 Å². The van der Waals surface area contributed by atoms with Gasteiger partial charge in [0.15, 0.2) is 0 Å². The Hall–Kier alpha value is -1.05. The smallest absolute Gasteiger partial charge is 0.240 e. The van der Waals surface area contributed by atoms with Crippen LogP contribution in [-0.2, 0) is 9.53 Å². The van der Waals surface area contributed by atoms with Crippen LogP contribution in [0.25, 0.3) is 0 Å². The van der Waals surface area contributed by atoms with Crippen molar-refractivity contribution in [3.8, 4) is 12.3 Å². The maximum atomic E-state index is 12.2. The van der Waals surface area contributed by atoms with Gasteiger partial charge in [0.1, 0.15) is 0 Å². The summed E-state index contributed by atoms with van der Waals surface area (Å²) in [6.07, 6.45) is 8.77. The van der Waals surface area contributed by atoms with E-state index in [9.17, 15) is 4.79 Å². The van der Waals surface area contributed by atoms with Crippen molar-refractivity contribution in [3.05, 3.63) is 0 Å². The zero-order valence-corrected chi connectivity index (χ0v) is 10.1. The molecular formula is C13H20N2O2. The van der Waals surface area contributed by atoms with Gasteiger partial charge < -0.3 is 15.4 Å². The van der Waals surface area contributed by atoms with E-state index in [-0.39, 0.29) is 5.91 Å². The van der Waals surface area contributed by atoms with E-state index in [1.807, 2.05) is 4.90 Å². The van der Waals surface area contributed by atoms with Gasteiger partial charge in [-0.3, -0.25) is 4.79 Å². The van der Waals surface area contributed by atoms with Crippen LogP contribution in [0, 0.1) is 18.3 Å². The van der Waals surface area contributed by atoms with Crippen LogP contribution >= 0.6 is 0 Å². The molecule has 2 fully saturated rings. The minimum absolute atomic E-state index is 0.0114. The minimum Gasteiger partial charge on any atom is -0.381 e. The van der Waals surface area contributed by atoms with Crippen LogP contribution < -0.4 is 5.73 Å². The summed E-state index contributed by atoms with van der Waals surface area (Å²) in [7, 11) is 0. The third kappa shape index (κ3) is 3.21. The highest BCUT2D eigenvalue weighted by Gasteiger charge is 2.36. The Morgan fingerprint density at radius 1 is 1.53 bits per heavy atom. The summed E-state index contributed by atoms with van der Waals surface area (Å²) < 4.78 is 5.34. The molecule has 0 bridgehead atoms. The predicted octanol–water partition coefficient (Wildman–Crippen LogP) is 0.364. The van der Waals surface area contributed by atoms with Crippen LogP contribution in [0.5, 0.6) is 0 Å². The van der Waals surface area contributed by atoms with Gasteiger partial charge in [0.05, 0.1) is 12.6 Å². The Kier molecular flexibility index (Phi) is 4.03. The van der Waals surface area contributed by atoms with Crippen molar-refractivity contribution in [1.82, 2.24) is 4.90 Å². The monoisotopic (exact) mass is 236 g/mol. The van der Waals surface area contributed by atoms with Crippen LogP contribution in [0.3, 0.4) is 0 Å². The third-order valence-corrected chi connectivity index (χ3v) is 3.40. The lowest BCUT2D eigenvalue weighted by atomic mass is 10.1. The van der Waals surface area contributed by atoms with Crippen molar-refractivity contribution in [1.29, 1.82) is 0 Å². The second-order valence-corrected chi connectivity index (χ2v) is 4.97. The van der Waals surface area contributed by atoms with E-state index in [1.165, 1.54) is 0 Å². The van der Waals surface area contributed by atoms with E-state index in [0.717, 1.165) is 39.0 Å². The van der Waals surface area contributed by atoms with Crippen molar-refractivity contribution in [2.75, 3.05) is 19.8 Å². The fraction of sp³-hybridized carbons (Fsp3) is 0.769. The second-order valence-electron chi connectivity index (χ2n) is 4.97. The molecule has 1 saturated heterocycles. The largest absolute Gasteiger partial charge is 0.381 e. The molecule has 4 heteroatoms. The minimum atomic E-state index is -0.539. The molecule has 2 atom stereocenters. The quantitative estimate of drug-likeness (QED) is 0.701. The molecule has 2 rings (SSSR count). The van der Waals surface area contributed by atoms with Crippen LogP contribution in [0.2, 0.25) is 0 Å². The molecule has 17 heavy (non-hydrogen) atoms. The molecule has 1 heterocycles. The molecule has 0 aromatic rings. The highest BCUT2D eigenvalue weighted by atomic mass is 16.5. The molecule has 0 aromatic carbocycles. The molecule has 1 aliphatic heterocycles. The summed E-state index contributed by atoms with van der Waals surface area (Å²) in [5.74, 6) is 2.94. The lowest BCUT2D eigenvalue weighted by molar-refractivity contribution is -0.133. The number of amides is 1. The number of hydrogen-bond acceptors (Lipinski definition) is 3. The molecule has 2 unspecified atom stereocenters. The fourth-order valence-electron chi connectivity index (χ4n) is 2.24. The number of nitrogens with zero attached hydrogens (tertiary/aromatic N) is 1. The predicted molar refractivity (Wildman–Crippen MR) is 65.1 cm³/mol. The number of terminal acetylenes is 1. The standard InChI is InChI=1S/C13H20N2O2/c1-2-3-12(14)13(16)15(11-4-5-11)8-10-6-7-17-9-10/h1,10-12H,3-9,14H2. The Labute approximate surface area is 102 Å². The van der Waals surface area contributed by atoms with E-state index in [2.05, 4.69) is 5.92 Å². The topological polar surface area (TPSA) is 55.6 Å². The average Bonchev–Trinajstić information content (AvgIpc) is 3.03. The first-order chi connectivity index (χ1) is 8.22. The number of ether oxygens (including phenoxy) is 1. The summed E-state index contributed by atoms with van der Waals surface area (Å²) in [6, 6.07) is -0.144. The van der Waals surface area contributed by atoms with Crippen molar-refractivity contribution in [2.24, 2.45) is 11.7 Å². The number of carbonyl (C=O) groups is 1. The second kappa shape index (κ2) is 5.52. The molecular weight excluding hydrogens is 216 g/mol. The zero-order chi connectivity index (χ0) is 12.3. The zero-order valence-electron chi connectivity index (χ0n) is 10.1. The molecule has 0 aromatic heterocycles. The number of rotatable bonds is 5. The van der Waals surface area contributed by atoms with Gasteiger partial charge >= 0.3 is 0 Å². The van der Waals surface area contributed by atoms with Crippen molar-refractivity contribution in [3.63, 3.8) is 0 Å². The Morgan fingerprint density at radius 2 is 2.29 bits per heavy atom. The van der Waals surface area contributed by atoms with Gasteiger partial charge in [-0.15, -0.1) is 12.3 Å². The summed E-state index contributed by atoms with van der Waals surface area (Å²) in [4.78, 5) is 14.1. The highest BCUT2D eigenvalue weighted by Crippen LogP contribution is 2.29. The Balaban J connectivity index is 1.91. The normalized spacial score (nSPS) is 25.3. The number of carbonyl (C=O) groups excluding carboxylic acids is 1. The van der Waals surface area contributed by atoms with Gasteiger partial charge in [-0.05, 0) is 19.3 Å². The number of hydrogen-bond donors (Lipinski definition) is 1. The summed E-state index contributed by atoms with van der Waals surface area (Å²) >= 11 is 0. The molecule has 94 valence electrons. The van der Waals surface area contributed by atoms with Crippen LogP contribution in [-0.4, -0.2) is 42.6 Å². The van der Waals surface area contributed by atoms with E-state index in [4.69, 9.17) is 16.9 Å². The van der Waals surface area contributed by atoms with Gasteiger partial charge in [-0.25, -0.2) is 0 Å². The molecule has 1 saturated carbocycles. The van der Waals surface area contributed by atoms with Gasteiger partial charge in [-0.1, -0.05) is 0 Å². The molecule has 0 spiro atoms. The maximum Gasteiger partial charge on any atom is 0.240 e. The van der Waals surface area contributed by atoms with Crippen molar-refractivity contribution < 1.29 is 9.53 Å². The van der Waals surface area contributed by atoms with E-state index < -0.39 is 6.04 Å². The number of nitrogens with two attached hydrogens (primary N) is 1. The van der Waals surface area contributed by atoms with Gasteiger partial charge in [-0.2, -0.15) is 0 Å². The highest BCUT2D eigenvalue weighted by molar-refractivity contribution is 5.82. The summed E-state index contributed by atoms with van der Waals surface area (Å²) in [6.45, 7) is 2.36. The molecule has 2 N–H and O–H groups in total. The first kappa shape index (κ1) is 12.4. The molecule has 4 nitrogen and oxygen atoms in total. The van der Waals surface area contributed by atoms with Gasteiger partial charge in [0.2, 0.25) is 5.91 Å². The first-order valence-electron chi connectivity index (χ1n) is 6.29. The van der Waals surface area contributed by atoms with Crippen molar-refractivity contribution in [2.45, 2.75) is 37.8 Å². The van der Waals surface area contributed by atoms with E-state index >= 15 is 0 Å². The maximum absolute atomic E-state index is 12.2. The van der Waals surface area contributed by atoms with Crippen LogP contribution in [0.1, 0.15) is 25.7 Å². The van der Waals surface area contributed by atoms with Crippen LogP contribution in [0.15, 0.2) is 0 Å². The fourth-order valence-corrected chi connectivity index (χ4v) is 2.24. The van der Waals surface area contributed by atoms with Crippen LogP contribution in [0.4, 0.5) is 0 Å². The average molecular weight is 236 g/mol. The lowest BCUT2D eigenvalue weighted by Gasteiger charge is -2.27. The molecule has 1 amide bonds. The van der Waals surface area contributed by atoms with Crippen molar-refractivity contribution >= 4 is 5.91 Å². The lowest BCUT2D eigenvalue weighted by Crippen LogP contribution is -2.46. The SMILES string of the molecule is C#CCC(N)C(=O)N(CC1CCOC1)C1CC1. The summed E-state index contributed by atoms with van der Waals surface area (Å²) in [5, 5.41) is 0. The van der Waals surface area contributed by atoms with E-state index in [0.29, 0.717) is 18.4 Å². The Bertz CT molecular complexity index is 314.